The maximum Gasteiger partial charge on any atom is 0.338 e. The van der Waals surface area contributed by atoms with Gasteiger partial charge in [0.1, 0.15) is 0 Å². The normalized spacial score (nSPS) is 10.3. The van der Waals surface area contributed by atoms with Crippen molar-refractivity contribution in [3.8, 4) is 11.5 Å². The lowest BCUT2D eigenvalue weighted by Crippen LogP contribution is -2.14. The summed E-state index contributed by atoms with van der Waals surface area (Å²) in [4.78, 5) is 24.4. The van der Waals surface area contributed by atoms with Gasteiger partial charge in [0.15, 0.2) is 23.9 Å². The lowest BCUT2D eigenvalue weighted by Gasteiger charge is -2.14. The van der Waals surface area contributed by atoms with Crippen LogP contribution in [0.15, 0.2) is 40.9 Å². The molecule has 2 rings (SSSR count). The number of benzene rings is 2. The molecule has 0 aliphatic heterocycles. The van der Waals surface area contributed by atoms with Crippen molar-refractivity contribution in [2.24, 2.45) is 0 Å². The van der Waals surface area contributed by atoms with Crippen molar-refractivity contribution in [1.82, 2.24) is 0 Å². The van der Waals surface area contributed by atoms with Crippen LogP contribution in [0.3, 0.4) is 0 Å². The Morgan fingerprint density at radius 3 is 2.27 bits per heavy atom. The van der Waals surface area contributed by atoms with Crippen molar-refractivity contribution in [3.63, 3.8) is 0 Å². The number of halogens is 2. The zero-order valence-corrected chi connectivity index (χ0v) is 16.7. The molecule has 0 amide bonds. The van der Waals surface area contributed by atoms with Crippen LogP contribution in [0.5, 0.6) is 11.5 Å². The molecule has 0 spiro atoms. The van der Waals surface area contributed by atoms with E-state index < -0.39 is 5.97 Å². The molecule has 0 radical (unpaired) electrons. The smallest absolute Gasteiger partial charge is 0.338 e. The second-order valence-electron chi connectivity index (χ2n) is 5.16. The third-order valence-electron chi connectivity index (χ3n) is 3.33. The monoisotopic (exact) mass is 440 g/mol. The van der Waals surface area contributed by atoms with E-state index >= 15 is 0 Å². The Balaban J connectivity index is 2.11. The van der Waals surface area contributed by atoms with Gasteiger partial charge < -0.3 is 14.2 Å². The predicted octanol–water partition coefficient (Wildman–Crippen LogP) is 4.94. The van der Waals surface area contributed by atoms with Gasteiger partial charge in [-0.1, -0.05) is 11.6 Å². The first-order valence-electron chi connectivity index (χ1n) is 8.01. The molecule has 5 nitrogen and oxygen atoms in total. The van der Waals surface area contributed by atoms with Gasteiger partial charge in [0.25, 0.3) is 0 Å². The minimum absolute atomic E-state index is 0.257. The fraction of sp³-hybridized carbons (Fsp3) is 0.263. The Morgan fingerprint density at radius 1 is 1.00 bits per heavy atom. The van der Waals surface area contributed by atoms with E-state index in [-0.39, 0.29) is 18.0 Å². The van der Waals surface area contributed by atoms with E-state index in [1.165, 1.54) is 6.07 Å². The van der Waals surface area contributed by atoms with Crippen molar-refractivity contribution in [2.45, 2.75) is 13.8 Å². The molecule has 26 heavy (non-hydrogen) atoms. The fourth-order valence-electron chi connectivity index (χ4n) is 2.17. The Hall–Kier alpha value is -2.05. The largest absolute Gasteiger partial charge is 0.490 e. The molecule has 0 aliphatic rings. The van der Waals surface area contributed by atoms with Crippen LogP contribution in [0.4, 0.5) is 0 Å². The van der Waals surface area contributed by atoms with Crippen molar-refractivity contribution >= 4 is 39.3 Å². The highest BCUT2D eigenvalue weighted by Crippen LogP contribution is 2.37. The number of ketones is 1. The van der Waals surface area contributed by atoms with Crippen LogP contribution >= 0.6 is 27.5 Å². The summed E-state index contributed by atoms with van der Waals surface area (Å²) in [5, 5.41) is 0.529. The Labute approximate surface area is 165 Å². The minimum Gasteiger partial charge on any atom is -0.490 e. The summed E-state index contributed by atoms with van der Waals surface area (Å²) in [5.74, 6) is 0.00455. The van der Waals surface area contributed by atoms with Crippen molar-refractivity contribution in [2.75, 3.05) is 19.8 Å². The first-order valence-corrected chi connectivity index (χ1v) is 9.18. The molecule has 138 valence electrons. The quantitative estimate of drug-likeness (QED) is 0.429. The van der Waals surface area contributed by atoms with Gasteiger partial charge in [-0.3, -0.25) is 4.79 Å². The summed E-state index contributed by atoms with van der Waals surface area (Å²) in [6.07, 6.45) is 0. The highest BCUT2D eigenvalue weighted by atomic mass is 79.9. The molecule has 2 aromatic rings. The second-order valence-corrected chi connectivity index (χ2v) is 6.45. The van der Waals surface area contributed by atoms with Gasteiger partial charge in [0.2, 0.25) is 0 Å². The standard InChI is InChI=1S/C19H18BrClO5/c1-3-24-17-10-13(9-15(20)18(17)25-4-2)19(23)26-11-16(22)12-5-7-14(21)8-6-12/h5-10H,3-4,11H2,1-2H3. The van der Waals surface area contributed by atoms with E-state index in [1.54, 1.807) is 30.3 Å². The summed E-state index contributed by atoms with van der Waals surface area (Å²) in [7, 11) is 0. The zero-order chi connectivity index (χ0) is 19.1. The summed E-state index contributed by atoms with van der Waals surface area (Å²) in [5.41, 5.74) is 0.678. The number of ether oxygens (including phenoxy) is 3. The average Bonchev–Trinajstić information content (AvgIpc) is 2.62. The van der Waals surface area contributed by atoms with E-state index in [9.17, 15) is 9.59 Å². The van der Waals surface area contributed by atoms with Crippen LogP contribution in [0, 0.1) is 0 Å². The lowest BCUT2D eigenvalue weighted by molar-refractivity contribution is 0.0474. The lowest BCUT2D eigenvalue weighted by atomic mass is 10.1. The molecule has 0 unspecified atom stereocenters. The molecule has 0 atom stereocenters. The summed E-state index contributed by atoms with van der Waals surface area (Å²) >= 11 is 9.16. The molecular weight excluding hydrogens is 424 g/mol. The van der Waals surface area contributed by atoms with Crippen LogP contribution in [0.25, 0.3) is 0 Å². The van der Waals surface area contributed by atoms with E-state index in [2.05, 4.69) is 15.9 Å². The highest BCUT2D eigenvalue weighted by Gasteiger charge is 2.18. The second kappa shape index (κ2) is 9.59. The molecule has 0 N–H and O–H groups in total. The Bertz CT molecular complexity index is 789. The molecule has 2 aromatic carbocycles. The molecule has 0 aromatic heterocycles. The number of esters is 1. The zero-order valence-electron chi connectivity index (χ0n) is 14.4. The van der Waals surface area contributed by atoms with Crippen molar-refractivity contribution in [3.05, 3.63) is 57.0 Å². The maximum absolute atomic E-state index is 12.3. The van der Waals surface area contributed by atoms with Gasteiger partial charge in [0, 0.05) is 10.6 Å². The predicted molar refractivity (Wildman–Crippen MR) is 103 cm³/mol. The molecule has 0 fully saturated rings. The molecule has 7 heteroatoms. The number of carbonyl (C=O) groups excluding carboxylic acids is 2. The fourth-order valence-corrected chi connectivity index (χ4v) is 2.85. The van der Waals surface area contributed by atoms with Crippen molar-refractivity contribution < 1.29 is 23.8 Å². The van der Waals surface area contributed by atoms with E-state index in [4.69, 9.17) is 25.8 Å². The molecular formula is C19H18BrClO5. The number of Topliss-reactive ketones (excluding diaryl/α,β-unsaturated/α-hetero) is 1. The SMILES string of the molecule is CCOc1cc(C(=O)OCC(=O)c2ccc(Cl)cc2)cc(Br)c1OCC. The molecule has 0 aliphatic carbocycles. The first-order chi connectivity index (χ1) is 12.5. The first kappa shape index (κ1) is 20.3. The number of rotatable bonds is 8. The van der Waals surface area contributed by atoms with Gasteiger partial charge in [-0.2, -0.15) is 0 Å². The van der Waals surface area contributed by atoms with Gasteiger partial charge in [0.05, 0.1) is 23.2 Å². The van der Waals surface area contributed by atoms with E-state index in [0.29, 0.717) is 39.8 Å². The Kier molecular flexibility index (Phi) is 7.48. The van der Waals surface area contributed by atoms with Crippen LogP contribution in [-0.2, 0) is 4.74 Å². The van der Waals surface area contributed by atoms with E-state index in [1.807, 2.05) is 13.8 Å². The van der Waals surface area contributed by atoms with Gasteiger partial charge in [-0.05, 0) is 66.2 Å². The van der Waals surface area contributed by atoms with Crippen LogP contribution < -0.4 is 9.47 Å². The summed E-state index contributed by atoms with van der Waals surface area (Å²) < 4.78 is 16.8. The maximum atomic E-state index is 12.3. The molecule has 0 saturated heterocycles. The highest BCUT2D eigenvalue weighted by molar-refractivity contribution is 9.10. The number of hydrogen-bond donors (Lipinski definition) is 0. The third kappa shape index (κ3) is 5.22. The van der Waals surface area contributed by atoms with Gasteiger partial charge >= 0.3 is 5.97 Å². The third-order valence-corrected chi connectivity index (χ3v) is 4.18. The summed E-state index contributed by atoms with van der Waals surface area (Å²) in [6.45, 7) is 4.19. The minimum atomic E-state index is -0.628. The van der Waals surface area contributed by atoms with E-state index in [0.717, 1.165) is 0 Å². The molecule has 0 saturated carbocycles. The average molecular weight is 442 g/mol. The van der Waals surface area contributed by atoms with Gasteiger partial charge in [-0.15, -0.1) is 0 Å². The Morgan fingerprint density at radius 2 is 1.65 bits per heavy atom. The van der Waals surface area contributed by atoms with Crippen LogP contribution in [-0.4, -0.2) is 31.6 Å². The number of hydrogen-bond acceptors (Lipinski definition) is 5. The molecule has 0 bridgehead atoms. The topological polar surface area (TPSA) is 61.8 Å². The summed E-state index contributed by atoms with van der Waals surface area (Å²) in [6, 6.07) is 9.48. The van der Waals surface area contributed by atoms with Crippen molar-refractivity contribution in [1.29, 1.82) is 0 Å². The van der Waals surface area contributed by atoms with Crippen LogP contribution in [0.2, 0.25) is 5.02 Å². The van der Waals surface area contributed by atoms with Crippen LogP contribution in [0.1, 0.15) is 34.6 Å². The molecule has 0 heterocycles. The number of carbonyl (C=O) groups is 2. The van der Waals surface area contributed by atoms with Gasteiger partial charge in [-0.25, -0.2) is 4.79 Å².